The lowest BCUT2D eigenvalue weighted by Crippen LogP contribution is -2.53. The van der Waals surface area contributed by atoms with Crippen LogP contribution < -0.4 is 0 Å². The molecule has 0 unspecified atom stereocenters. The van der Waals surface area contributed by atoms with Crippen molar-refractivity contribution >= 4 is 5.97 Å². The van der Waals surface area contributed by atoms with Crippen LogP contribution in [0.3, 0.4) is 0 Å². The fraction of sp³-hybridized carbons (Fsp3) is 0.296. The number of rotatable bonds is 5. The van der Waals surface area contributed by atoms with Crippen LogP contribution in [0.5, 0.6) is 0 Å². The summed E-state index contributed by atoms with van der Waals surface area (Å²) in [5, 5.41) is 1.81. The maximum Gasteiger partial charge on any atom is 0.322 e. The van der Waals surface area contributed by atoms with Crippen molar-refractivity contribution in [3.8, 4) is 11.1 Å². The zero-order valence-electron chi connectivity index (χ0n) is 18.5. The Labute approximate surface area is 185 Å². The molecule has 0 bridgehead atoms. The largest absolute Gasteiger partial charge is 0.368 e. The Balaban J connectivity index is 1.60. The van der Waals surface area contributed by atoms with E-state index in [0.717, 1.165) is 13.1 Å². The molecule has 160 valence electrons. The first kappa shape index (κ1) is 21.3. The van der Waals surface area contributed by atoms with E-state index in [1.54, 1.807) is 5.06 Å². The summed E-state index contributed by atoms with van der Waals surface area (Å²) in [4.78, 5) is 19.3. The van der Waals surface area contributed by atoms with Gasteiger partial charge in [0.1, 0.15) is 0 Å². The first-order chi connectivity index (χ1) is 15.0. The van der Waals surface area contributed by atoms with E-state index in [1.165, 1.54) is 34.7 Å². The molecule has 0 saturated carbocycles. The molecule has 0 amide bonds. The highest BCUT2D eigenvalue weighted by atomic mass is 16.7. The SMILES string of the molecule is CC(=O)ON1CCN([C@H](c2ccccc2)c2ccc(-c3ccc(C)cc3)cc2)C[C@H]1C. The average Bonchev–Trinajstić information content (AvgIpc) is 2.77. The molecule has 0 radical (unpaired) electrons. The number of carbonyl (C=O) groups excluding carboxylic acids is 1. The van der Waals surface area contributed by atoms with Crippen LogP contribution in [0.15, 0.2) is 78.9 Å². The molecule has 4 heteroatoms. The van der Waals surface area contributed by atoms with E-state index >= 15 is 0 Å². The Morgan fingerprint density at radius 3 is 2.03 bits per heavy atom. The number of carbonyl (C=O) groups is 1. The van der Waals surface area contributed by atoms with Crippen LogP contribution in [0.1, 0.15) is 36.6 Å². The van der Waals surface area contributed by atoms with Crippen LogP contribution in [-0.4, -0.2) is 41.6 Å². The van der Waals surface area contributed by atoms with E-state index in [0.29, 0.717) is 6.54 Å². The Bertz CT molecular complexity index is 1000. The van der Waals surface area contributed by atoms with Gasteiger partial charge in [-0.15, -0.1) is 5.06 Å². The third-order valence-corrected chi connectivity index (χ3v) is 5.94. The normalized spacial score (nSPS) is 18.5. The summed E-state index contributed by atoms with van der Waals surface area (Å²) in [6.45, 7) is 8.04. The van der Waals surface area contributed by atoms with E-state index in [2.05, 4.69) is 97.6 Å². The van der Waals surface area contributed by atoms with Crippen molar-refractivity contribution in [3.63, 3.8) is 0 Å². The second-order valence-corrected chi connectivity index (χ2v) is 8.37. The van der Waals surface area contributed by atoms with E-state index in [4.69, 9.17) is 4.84 Å². The van der Waals surface area contributed by atoms with Crippen LogP contribution in [0.4, 0.5) is 0 Å². The number of hydrogen-bond donors (Lipinski definition) is 0. The highest BCUT2D eigenvalue weighted by Gasteiger charge is 2.31. The van der Waals surface area contributed by atoms with Gasteiger partial charge in [-0.1, -0.05) is 84.4 Å². The molecule has 0 N–H and O–H groups in total. The predicted octanol–water partition coefficient (Wildman–Crippen LogP) is 5.24. The first-order valence-electron chi connectivity index (χ1n) is 10.9. The van der Waals surface area contributed by atoms with Gasteiger partial charge in [0, 0.05) is 26.6 Å². The zero-order chi connectivity index (χ0) is 21.8. The summed E-state index contributed by atoms with van der Waals surface area (Å²) >= 11 is 0. The van der Waals surface area contributed by atoms with Crippen LogP contribution >= 0.6 is 0 Å². The van der Waals surface area contributed by atoms with E-state index in [-0.39, 0.29) is 18.1 Å². The van der Waals surface area contributed by atoms with Crippen molar-refractivity contribution in [2.24, 2.45) is 0 Å². The van der Waals surface area contributed by atoms with Crippen LogP contribution in [0.2, 0.25) is 0 Å². The molecule has 1 fully saturated rings. The van der Waals surface area contributed by atoms with Crippen molar-refractivity contribution in [1.29, 1.82) is 0 Å². The summed E-state index contributed by atoms with van der Waals surface area (Å²) in [5.41, 5.74) is 6.28. The number of benzene rings is 3. The molecule has 4 rings (SSSR count). The molecule has 31 heavy (non-hydrogen) atoms. The van der Waals surface area contributed by atoms with Gasteiger partial charge in [0.2, 0.25) is 0 Å². The lowest BCUT2D eigenvalue weighted by atomic mass is 9.94. The maximum absolute atomic E-state index is 11.4. The van der Waals surface area contributed by atoms with E-state index in [9.17, 15) is 4.79 Å². The third kappa shape index (κ3) is 5.04. The smallest absolute Gasteiger partial charge is 0.322 e. The van der Waals surface area contributed by atoms with Crippen LogP contribution in [0.25, 0.3) is 11.1 Å². The van der Waals surface area contributed by atoms with Crippen LogP contribution in [0, 0.1) is 6.92 Å². The number of piperazine rings is 1. The molecule has 0 aromatic heterocycles. The van der Waals surface area contributed by atoms with Gasteiger partial charge in [-0.25, -0.2) is 0 Å². The minimum Gasteiger partial charge on any atom is -0.368 e. The standard InChI is InChI=1S/C27H30N2O2/c1-20-9-11-23(12-10-20)24-13-15-26(16-14-24)27(25-7-5-4-6-8-25)28-17-18-29(21(2)19-28)31-22(3)30/h4-16,21,27H,17-19H2,1-3H3/t21-,27-/m1/s1. The molecule has 0 spiro atoms. The van der Waals surface area contributed by atoms with Crippen molar-refractivity contribution in [3.05, 3.63) is 95.6 Å². The molecule has 1 heterocycles. The Morgan fingerprint density at radius 2 is 1.45 bits per heavy atom. The maximum atomic E-state index is 11.4. The lowest BCUT2D eigenvalue weighted by molar-refractivity contribution is -0.209. The fourth-order valence-electron chi connectivity index (χ4n) is 4.36. The van der Waals surface area contributed by atoms with Gasteiger partial charge in [0.05, 0.1) is 12.1 Å². The summed E-state index contributed by atoms with van der Waals surface area (Å²) in [5.74, 6) is -0.258. The summed E-state index contributed by atoms with van der Waals surface area (Å²) in [6.07, 6.45) is 0. The Morgan fingerprint density at radius 1 is 0.871 bits per heavy atom. The molecular weight excluding hydrogens is 384 g/mol. The minimum atomic E-state index is -0.258. The van der Waals surface area contributed by atoms with Crippen LogP contribution in [-0.2, 0) is 9.63 Å². The molecule has 2 atom stereocenters. The number of aryl methyl sites for hydroxylation is 1. The highest BCUT2D eigenvalue weighted by Crippen LogP contribution is 2.32. The fourth-order valence-corrected chi connectivity index (χ4v) is 4.36. The molecule has 3 aromatic carbocycles. The van der Waals surface area contributed by atoms with Gasteiger partial charge in [-0.2, -0.15) is 0 Å². The van der Waals surface area contributed by atoms with E-state index in [1.807, 2.05) is 0 Å². The summed E-state index contributed by atoms with van der Waals surface area (Å²) in [6, 6.07) is 28.5. The van der Waals surface area contributed by atoms with Gasteiger partial charge < -0.3 is 4.84 Å². The van der Waals surface area contributed by atoms with Gasteiger partial charge in [-0.05, 0) is 36.1 Å². The summed E-state index contributed by atoms with van der Waals surface area (Å²) < 4.78 is 0. The van der Waals surface area contributed by atoms with Gasteiger partial charge in [0.25, 0.3) is 0 Å². The number of hydroxylamine groups is 2. The third-order valence-electron chi connectivity index (χ3n) is 5.94. The molecule has 1 aliphatic rings. The molecule has 0 aliphatic carbocycles. The zero-order valence-corrected chi connectivity index (χ0v) is 18.5. The van der Waals surface area contributed by atoms with Crippen molar-refractivity contribution in [2.45, 2.75) is 32.9 Å². The van der Waals surface area contributed by atoms with Crippen molar-refractivity contribution in [2.75, 3.05) is 19.6 Å². The average molecular weight is 415 g/mol. The van der Waals surface area contributed by atoms with Gasteiger partial charge in [-0.3, -0.25) is 9.69 Å². The molecule has 1 saturated heterocycles. The Hall–Kier alpha value is -2.95. The molecule has 1 aliphatic heterocycles. The number of hydrogen-bond acceptors (Lipinski definition) is 4. The second kappa shape index (κ2) is 9.46. The number of nitrogens with zero attached hydrogens (tertiary/aromatic N) is 2. The van der Waals surface area contributed by atoms with Gasteiger partial charge >= 0.3 is 5.97 Å². The van der Waals surface area contributed by atoms with Crippen molar-refractivity contribution in [1.82, 2.24) is 9.96 Å². The minimum absolute atomic E-state index is 0.135. The molecule has 4 nitrogen and oxygen atoms in total. The predicted molar refractivity (Wildman–Crippen MR) is 124 cm³/mol. The lowest BCUT2D eigenvalue weighted by Gasteiger charge is -2.42. The quantitative estimate of drug-likeness (QED) is 0.572. The van der Waals surface area contributed by atoms with Crippen molar-refractivity contribution < 1.29 is 9.63 Å². The summed E-state index contributed by atoms with van der Waals surface area (Å²) in [7, 11) is 0. The highest BCUT2D eigenvalue weighted by molar-refractivity contribution is 5.65. The molecular formula is C27H30N2O2. The van der Waals surface area contributed by atoms with E-state index < -0.39 is 0 Å². The Kier molecular flexibility index (Phi) is 6.50. The van der Waals surface area contributed by atoms with Gasteiger partial charge in [0.15, 0.2) is 0 Å². The molecule has 3 aromatic rings. The first-order valence-corrected chi connectivity index (χ1v) is 10.9. The topological polar surface area (TPSA) is 32.8 Å². The monoisotopic (exact) mass is 414 g/mol. The second-order valence-electron chi connectivity index (χ2n) is 8.37.